The molecule has 212 valence electrons. The Balaban J connectivity index is 1.52. The van der Waals surface area contributed by atoms with Gasteiger partial charge in [-0.15, -0.1) is 11.3 Å². The topological polar surface area (TPSA) is 6.89 Å². The molecule has 0 radical (unpaired) electrons. The van der Waals surface area contributed by atoms with Crippen molar-refractivity contribution in [3.05, 3.63) is 120 Å². The third-order valence-corrected chi connectivity index (χ3v) is 11.3. The van der Waals surface area contributed by atoms with E-state index in [2.05, 4.69) is 148 Å². The highest BCUT2D eigenvalue weighted by Gasteiger charge is 2.59. The van der Waals surface area contributed by atoms with Gasteiger partial charge in [-0.2, -0.15) is 9.14 Å². The van der Waals surface area contributed by atoms with Crippen LogP contribution in [-0.2, 0) is 18.9 Å². The Morgan fingerprint density at radius 3 is 2.31 bits per heavy atom. The summed E-state index contributed by atoms with van der Waals surface area (Å²) >= 11 is 1.91. The van der Waals surface area contributed by atoms with Gasteiger partial charge >= 0.3 is 0 Å². The molecule has 0 bridgehead atoms. The molecule has 1 aliphatic heterocycles. The zero-order valence-corrected chi connectivity index (χ0v) is 26.5. The number of aryl methyl sites for hydroxylation is 2. The van der Waals surface area contributed by atoms with Crippen molar-refractivity contribution < 1.29 is 9.14 Å². The smallest absolute Gasteiger partial charge is 0.200 e. The molecule has 42 heavy (non-hydrogen) atoms. The summed E-state index contributed by atoms with van der Waals surface area (Å²) in [5, 5.41) is 2.69. The van der Waals surface area contributed by atoms with Gasteiger partial charge in [-0.1, -0.05) is 75.0 Å². The molecule has 0 N–H and O–H groups in total. The molecule has 2 unspecified atom stereocenters. The Morgan fingerprint density at radius 1 is 0.857 bits per heavy atom. The largest absolute Gasteiger partial charge is 0.230 e. The zero-order chi connectivity index (χ0) is 29.5. The second-order valence-electron chi connectivity index (χ2n) is 11.8. The Bertz CT molecular complexity index is 1870. The number of aromatic nitrogens is 1. The highest BCUT2D eigenvalue weighted by molar-refractivity contribution is 7.26. The third kappa shape index (κ3) is 4.13. The maximum absolute atomic E-state index is 4.11. The minimum absolute atomic E-state index is 0.0384. The van der Waals surface area contributed by atoms with E-state index >= 15 is 0 Å². The predicted molar refractivity (Wildman–Crippen MR) is 182 cm³/mol. The van der Waals surface area contributed by atoms with Gasteiger partial charge in [0.1, 0.15) is 11.7 Å². The molecule has 3 heteroatoms. The summed E-state index contributed by atoms with van der Waals surface area (Å²) in [5.41, 5.74) is 8.04. The van der Waals surface area contributed by atoms with Gasteiger partial charge in [0.2, 0.25) is 11.4 Å². The van der Waals surface area contributed by atoms with Crippen LogP contribution in [0.3, 0.4) is 0 Å². The lowest BCUT2D eigenvalue weighted by molar-refractivity contribution is -0.659. The van der Waals surface area contributed by atoms with Crippen molar-refractivity contribution in [3.8, 4) is 11.3 Å². The maximum atomic E-state index is 4.11. The molecular weight excluding hydrogens is 529 g/mol. The van der Waals surface area contributed by atoms with Crippen molar-refractivity contribution in [2.24, 2.45) is 7.05 Å². The molecule has 0 saturated carbocycles. The number of fused-ring (bicyclic) bond motifs is 4. The Labute approximate surface area is 255 Å². The quantitative estimate of drug-likeness (QED) is 0.172. The first kappa shape index (κ1) is 28.3. The molecule has 2 aromatic heterocycles. The van der Waals surface area contributed by atoms with E-state index in [9.17, 15) is 0 Å². The van der Waals surface area contributed by atoms with Crippen LogP contribution in [0.5, 0.6) is 0 Å². The summed E-state index contributed by atoms with van der Waals surface area (Å²) in [5.74, 6) is 0. The van der Waals surface area contributed by atoms with Gasteiger partial charge < -0.3 is 0 Å². The molecule has 0 amide bonds. The van der Waals surface area contributed by atoms with Gasteiger partial charge in [-0.25, -0.2) is 0 Å². The van der Waals surface area contributed by atoms with E-state index < -0.39 is 0 Å². The summed E-state index contributed by atoms with van der Waals surface area (Å²) in [6.07, 6.45) is 12.8. The fraction of sp³-hybridized carbons (Fsp3) is 0.282. The lowest BCUT2D eigenvalue weighted by atomic mass is 9.57. The van der Waals surface area contributed by atoms with Crippen LogP contribution in [0.25, 0.3) is 37.1 Å². The fourth-order valence-electron chi connectivity index (χ4n) is 7.80. The van der Waals surface area contributed by atoms with E-state index in [-0.39, 0.29) is 11.0 Å². The van der Waals surface area contributed by atoms with Gasteiger partial charge in [0.05, 0.1) is 11.0 Å². The Kier molecular flexibility index (Phi) is 7.49. The monoisotopic (exact) mass is 570 g/mol. The standard InChI is InChI=1S/C39H42N2S/c1-7-26-41-34(8-2)32-20-13-15-21-33(32)39(10-4,38(41,5)9-3)25-23-28-17-11-12-18-29(28)36-37-31(24-27-40(36)6)30-19-14-16-22-35(30)42-37/h7-8,11-22,24,26-27H,1,9-10,23,25H2,2-6H3/q+2. The van der Waals surface area contributed by atoms with Crippen LogP contribution in [-0.4, -0.2) is 16.3 Å². The first-order valence-corrected chi connectivity index (χ1v) is 16.1. The third-order valence-electron chi connectivity index (χ3n) is 10.1. The molecule has 6 rings (SSSR count). The molecule has 0 saturated heterocycles. The highest BCUT2D eigenvalue weighted by Crippen LogP contribution is 2.53. The maximum Gasteiger partial charge on any atom is 0.230 e. The van der Waals surface area contributed by atoms with Gasteiger partial charge in [0.15, 0.2) is 18.0 Å². The van der Waals surface area contributed by atoms with E-state index in [0.717, 1.165) is 25.7 Å². The van der Waals surface area contributed by atoms with Crippen molar-refractivity contribution in [2.75, 3.05) is 0 Å². The van der Waals surface area contributed by atoms with Crippen LogP contribution in [0.4, 0.5) is 0 Å². The second kappa shape index (κ2) is 11.1. The summed E-state index contributed by atoms with van der Waals surface area (Å²) in [6, 6.07) is 29.3. The van der Waals surface area contributed by atoms with Crippen molar-refractivity contribution in [1.82, 2.24) is 0 Å². The number of benzene rings is 3. The summed E-state index contributed by atoms with van der Waals surface area (Å²) in [6.45, 7) is 13.5. The molecule has 2 atom stereocenters. The normalized spacial score (nSPS) is 22.2. The van der Waals surface area contributed by atoms with E-state index in [4.69, 9.17) is 0 Å². The Morgan fingerprint density at radius 2 is 1.57 bits per heavy atom. The number of thiophene rings is 1. The van der Waals surface area contributed by atoms with Crippen molar-refractivity contribution in [3.63, 3.8) is 0 Å². The average molecular weight is 571 g/mol. The molecule has 2 nitrogen and oxygen atoms in total. The number of hydrogen-bond acceptors (Lipinski definition) is 1. The molecule has 0 fully saturated rings. The van der Waals surface area contributed by atoms with Gasteiger partial charge in [-0.05, 0) is 67.7 Å². The Hall–Kier alpha value is -3.82. The molecule has 0 spiro atoms. The highest BCUT2D eigenvalue weighted by atomic mass is 32.1. The van der Waals surface area contributed by atoms with Gasteiger partial charge in [-0.3, -0.25) is 0 Å². The number of hydrogen-bond donors (Lipinski definition) is 0. The molecular formula is C39H42N2S+2. The van der Waals surface area contributed by atoms with Crippen molar-refractivity contribution in [2.45, 2.75) is 64.3 Å². The SMILES string of the molecule is C=CC=[N+]1C(=CC)c2ccccc2C(CC)(CCc2ccccc2-c2c3sc4ccccc4c3cc[n+]2C)C1(C)CC. The van der Waals surface area contributed by atoms with Gasteiger partial charge in [0, 0.05) is 40.4 Å². The fourth-order valence-corrected chi connectivity index (χ4v) is 9.10. The van der Waals surface area contributed by atoms with Crippen LogP contribution in [0, 0.1) is 0 Å². The number of rotatable bonds is 7. The van der Waals surface area contributed by atoms with Crippen LogP contribution in [0.1, 0.15) is 63.6 Å². The summed E-state index contributed by atoms with van der Waals surface area (Å²) in [4.78, 5) is 0. The van der Waals surface area contributed by atoms with Crippen LogP contribution < -0.4 is 4.57 Å². The van der Waals surface area contributed by atoms with Crippen LogP contribution in [0.15, 0.2) is 104 Å². The predicted octanol–water partition coefficient (Wildman–Crippen LogP) is 9.64. The van der Waals surface area contributed by atoms with E-state index in [1.165, 1.54) is 53.8 Å². The first-order valence-electron chi connectivity index (χ1n) is 15.3. The minimum atomic E-state index is -0.1000. The molecule has 1 aliphatic rings. The molecule has 0 aliphatic carbocycles. The van der Waals surface area contributed by atoms with Crippen LogP contribution in [0.2, 0.25) is 0 Å². The molecule has 3 aromatic carbocycles. The average Bonchev–Trinajstić information content (AvgIpc) is 3.40. The van der Waals surface area contributed by atoms with E-state index in [0.29, 0.717) is 0 Å². The molecule has 3 heterocycles. The zero-order valence-electron chi connectivity index (χ0n) is 25.7. The van der Waals surface area contributed by atoms with E-state index in [1.807, 2.05) is 17.4 Å². The lowest BCUT2D eigenvalue weighted by Crippen LogP contribution is -2.59. The number of pyridine rings is 1. The first-order chi connectivity index (χ1) is 20.4. The summed E-state index contributed by atoms with van der Waals surface area (Å²) in [7, 11) is 2.19. The van der Waals surface area contributed by atoms with Crippen molar-refractivity contribution in [1.29, 1.82) is 0 Å². The lowest BCUT2D eigenvalue weighted by Gasteiger charge is -2.49. The molecule has 5 aromatic rings. The minimum Gasteiger partial charge on any atom is -0.200 e. The van der Waals surface area contributed by atoms with Crippen LogP contribution >= 0.6 is 11.3 Å². The van der Waals surface area contributed by atoms with Gasteiger partial charge in [0.25, 0.3) is 0 Å². The summed E-state index contributed by atoms with van der Waals surface area (Å²) < 4.78 is 7.55. The number of nitrogens with zero attached hydrogens (tertiary/aromatic N) is 2. The van der Waals surface area contributed by atoms with E-state index in [1.54, 1.807) is 0 Å². The number of allylic oxidation sites excluding steroid dienone is 2. The second-order valence-corrected chi connectivity index (χ2v) is 12.9. The van der Waals surface area contributed by atoms with Crippen molar-refractivity contribution >= 4 is 43.4 Å².